The van der Waals surface area contributed by atoms with Gasteiger partial charge in [0.15, 0.2) is 17.1 Å². The van der Waals surface area contributed by atoms with Crippen molar-refractivity contribution in [2.45, 2.75) is 33.2 Å². The van der Waals surface area contributed by atoms with Crippen molar-refractivity contribution < 1.29 is 4.92 Å². The molecule has 26 heavy (non-hydrogen) atoms. The lowest BCUT2D eigenvalue weighted by Crippen LogP contribution is -2.11. The lowest BCUT2D eigenvalue weighted by molar-refractivity contribution is -0.386. The maximum atomic E-state index is 11.2. The summed E-state index contributed by atoms with van der Waals surface area (Å²) in [4.78, 5) is 19.7. The molecule has 0 bridgehead atoms. The Balaban J connectivity index is 1.71. The second kappa shape index (κ2) is 5.58. The molecule has 0 fully saturated rings. The van der Waals surface area contributed by atoms with Gasteiger partial charge in [-0.15, -0.1) is 5.10 Å². The molecule has 0 saturated carbocycles. The average molecular weight is 355 g/mol. The summed E-state index contributed by atoms with van der Waals surface area (Å²) in [6.07, 6.45) is 3.32. The standard InChI is InChI=1S/C15H17N9O2/c1-8(6-22-10(3)12(24(25)26)9(2)19-22)13-18-15-11-5-17-21(4)14(11)16-7-23(15)20-13/h5,7-8H,6H2,1-4H3. The van der Waals surface area contributed by atoms with Crippen molar-refractivity contribution in [3.63, 3.8) is 0 Å². The molecule has 4 rings (SSSR count). The Bertz CT molecular complexity index is 1150. The maximum Gasteiger partial charge on any atom is 0.312 e. The van der Waals surface area contributed by atoms with Crippen LogP contribution in [0.4, 0.5) is 5.69 Å². The predicted octanol–water partition coefficient (Wildman–Crippen LogP) is 1.54. The summed E-state index contributed by atoms with van der Waals surface area (Å²) in [6.45, 7) is 5.75. The molecule has 0 spiro atoms. The van der Waals surface area contributed by atoms with Crippen LogP contribution in [0.3, 0.4) is 0 Å². The normalized spacial score (nSPS) is 12.9. The molecule has 4 aromatic rings. The third-order valence-electron chi connectivity index (χ3n) is 4.50. The van der Waals surface area contributed by atoms with Crippen LogP contribution in [-0.2, 0) is 13.6 Å². The van der Waals surface area contributed by atoms with Gasteiger partial charge < -0.3 is 0 Å². The van der Waals surface area contributed by atoms with Gasteiger partial charge >= 0.3 is 5.69 Å². The molecule has 11 nitrogen and oxygen atoms in total. The third kappa shape index (κ3) is 2.31. The van der Waals surface area contributed by atoms with E-state index in [2.05, 4.69) is 25.3 Å². The number of hydrogen-bond acceptors (Lipinski definition) is 7. The Kier molecular flexibility index (Phi) is 3.46. The van der Waals surface area contributed by atoms with Crippen LogP contribution in [-0.4, -0.2) is 44.1 Å². The van der Waals surface area contributed by atoms with Crippen molar-refractivity contribution in [2.24, 2.45) is 7.05 Å². The van der Waals surface area contributed by atoms with Gasteiger partial charge in [0, 0.05) is 13.0 Å². The highest BCUT2D eigenvalue weighted by atomic mass is 16.6. The zero-order valence-electron chi connectivity index (χ0n) is 14.8. The smallest absolute Gasteiger partial charge is 0.262 e. The fourth-order valence-electron chi connectivity index (χ4n) is 3.13. The minimum atomic E-state index is -0.396. The van der Waals surface area contributed by atoms with Gasteiger partial charge in [0.05, 0.1) is 23.1 Å². The first-order valence-corrected chi connectivity index (χ1v) is 8.08. The number of fused-ring (bicyclic) bond motifs is 3. The fraction of sp³-hybridized carbons (Fsp3) is 0.400. The van der Waals surface area contributed by atoms with Crippen LogP contribution < -0.4 is 0 Å². The minimum Gasteiger partial charge on any atom is -0.262 e. The summed E-state index contributed by atoms with van der Waals surface area (Å²) < 4.78 is 4.95. The summed E-state index contributed by atoms with van der Waals surface area (Å²) in [5.41, 5.74) is 2.41. The molecule has 1 unspecified atom stereocenters. The van der Waals surface area contributed by atoms with Gasteiger partial charge in [-0.3, -0.25) is 19.5 Å². The summed E-state index contributed by atoms with van der Waals surface area (Å²) in [5.74, 6) is 0.539. The van der Waals surface area contributed by atoms with E-state index in [4.69, 9.17) is 0 Å². The first-order valence-electron chi connectivity index (χ1n) is 8.08. The molecule has 11 heteroatoms. The molecule has 0 N–H and O–H groups in total. The highest BCUT2D eigenvalue weighted by Crippen LogP contribution is 2.25. The molecule has 0 aliphatic carbocycles. The summed E-state index contributed by atoms with van der Waals surface area (Å²) in [5, 5.41) is 25.0. The Morgan fingerprint density at radius 3 is 2.73 bits per heavy atom. The maximum absolute atomic E-state index is 11.2. The number of hydrogen-bond donors (Lipinski definition) is 0. The molecule has 4 aromatic heterocycles. The van der Waals surface area contributed by atoms with Crippen LogP contribution in [0.25, 0.3) is 16.7 Å². The molecule has 1 atom stereocenters. The molecule has 134 valence electrons. The van der Waals surface area contributed by atoms with Crippen LogP contribution in [0.1, 0.15) is 30.1 Å². The van der Waals surface area contributed by atoms with Crippen molar-refractivity contribution in [1.82, 2.24) is 39.1 Å². The van der Waals surface area contributed by atoms with E-state index in [0.717, 1.165) is 11.0 Å². The van der Waals surface area contributed by atoms with E-state index >= 15 is 0 Å². The Labute approximate surface area is 147 Å². The first-order chi connectivity index (χ1) is 12.4. The zero-order valence-corrected chi connectivity index (χ0v) is 14.8. The van der Waals surface area contributed by atoms with Crippen LogP contribution in [0.15, 0.2) is 12.5 Å². The molecule has 4 heterocycles. The van der Waals surface area contributed by atoms with Crippen LogP contribution >= 0.6 is 0 Å². The van der Waals surface area contributed by atoms with E-state index in [-0.39, 0.29) is 11.6 Å². The Morgan fingerprint density at radius 1 is 1.27 bits per heavy atom. The zero-order chi connectivity index (χ0) is 18.6. The van der Waals surface area contributed by atoms with Gasteiger partial charge in [-0.1, -0.05) is 6.92 Å². The molecule has 0 aliphatic rings. The minimum absolute atomic E-state index is 0.0569. The van der Waals surface area contributed by atoms with E-state index in [1.54, 1.807) is 40.3 Å². The molecule has 0 saturated heterocycles. The van der Waals surface area contributed by atoms with E-state index in [1.165, 1.54) is 0 Å². The Morgan fingerprint density at radius 2 is 2.04 bits per heavy atom. The molecule has 0 radical (unpaired) electrons. The molecular weight excluding hydrogens is 338 g/mol. The topological polar surface area (TPSA) is 122 Å². The van der Waals surface area contributed by atoms with Crippen LogP contribution in [0, 0.1) is 24.0 Å². The van der Waals surface area contributed by atoms with Gasteiger partial charge in [-0.05, 0) is 13.8 Å². The van der Waals surface area contributed by atoms with Crippen LogP contribution in [0.2, 0.25) is 0 Å². The van der Waals surface area contributed by atoms with Crippen molar-refractivity contribution in [3.05, 3.63) is 39.9 Å². The lowest BCUT2D eigenvalue weighted by Gasteiger charge is -2.08. The summed E-state index contributed by atoms with van der Waals surface area (Å²) >= 11 is 0. The van der Waals surface area contributed by atoms with Crippen molar-refractivity contribution in [1.29, 1.82) is 0 Å². The van der Waals surface area contributed by atoms with E-state index < -0.39 is 4.92 Å². The van der Waals surface area contributed by atoms with E-state index in [9.17, 15) is 10.1 Å². The third-order valence-corrected chi connectivity index (χ3v) is 4.50. The Hall–Kier alpha value is -3.37. The second-order valence-electron chi connectivity index (χ2n) is 6.35. The van der Waals surface area contributed by atoms with Crippen molar-refractivity contribution in [2.75, 3.05) is 0 Å². The molecule has 0 amide bonds. The molecular formula is C15H17N9O2. The van der Waals surface area contributed by atoms with Gasteiger partial charge in [-0.2, -0.15) is 10.2 Å². The highest BCUT2D eigenvalue weighted by molar-refractivity contribution is 5.88. The summed E-state index contributed by atoms with van der Waals surface area (Å²) in [7, 11) is 1.82. The number of rotatable bonds is 4. The number of nitrogens with zero attached hydrogens (tertiary/aromatic N) is 9. The summed E-state index contributed by atoms with van der Waals surface area (Å²) in [6, 6.07) is 0. The average Bonchev–Trinajstić information content (AvgIpc) is 3.24. The van der Waals surface area contributed by atoms with Crippen LogP contribution in [0.5, 0.6) is 0 Å². The quantitative estimate of drug-likeness (QED) is 0.402. The van der Waals surface area contributed by atoms with Gasteiger partial charge in [-0.25, -0.2) is 14.5 Å². The predicted molar refractivity (Wildman–Crippen MR) is 91.8 cm³/mol. The van der Waals surface area contributed by atoms with Gasteiger partial charge in [0.1, 0.15) is 17.7 Å². The second-order valence-corrected chi connectivity index (χ2v) is 6.35. The number of aromatic nitrogens is 8. The molecule has 0 aromatic carbocycles. The largest absolute Gasteiger partial charge is 0.312 e. The van der Waals surface area contributed by atoms with Crippen molar-refractivity contribution >= 4 is 22.4 Å². The first kappa shape index (κ1) is 16.1. The number of aryl methyl sites for hydroxylation is 2. The van der Waals surface area contributed by atoms with Crippen molar-refractivity contribution in [3.8, 4) is 0 Å². The highest BCUT2D eigenvalue weighted by Gasteiger charge is 2.24. The molecule has 0 aliphatic heterocycles. The van der Waals surface area contributed by atoms with E-state index in [0.29, 0.717) is 29.4 Å². The van der Waals surface area contributed by atoms with Gasteiger partial charge in [0.25, 0.3) is 0 Å². The lowest BCUT2D eigenvalue weighted by atomic mass is 10.1. The van der Waals surface area contributed by atoms with E-state index in [1.807, 2.05) is 14.0 Å². The monoisotopic (exact) mass is 355 g/mol. The fourth-order valence-corrected chi connectivity index (χ4v) is 3.13. The van der Waals surface area contributed by atoms with Gasteiger partial charge in [0.2, 0.25) is 0 Å². The number of nitro groups is 1. The SMILES string of the molecule is Cc1nn(CC(C)c2nc3c4cnn(C)c4ncn3n2)c(C)c1[N+](=O)[O-].